The lowest BCUT2D eigenvalue weighted by Gasteiger charge is -2.14. The molecule has 0 unspecified atom stereocenters. The number of phenols is 1. The Balaban J connectivity index is 1.81. The van der Waals surface area contributed by atoms with Crippen molar-refractivity contribution in [2.45, 2.75) is 19.0 Å². The van der Waals surface area contributed by atoms with Crippen LogP contribution in [0.2, 0.25) is 0 Å². The summed E-state index contributed by atoms with van der Waals surface area (Å²) in [6, 6.07) is 9.03. The van der Waals surface area contributed by atoms with Crippen LogP contribution < -0.4 is 5.32 Å². The van der Waals surface area contributed by atoms with Crippen LogP contribution in [0, 0.1) is 0 Å². The topological polar surface area (TPSA) is 61.7 Å². The van der Waals surface area contributed by atoms with E-state index in [9.17, 15) is 9.90 Å². The lowest BCUT2D eigenvalue weighted by atomic mass is 10.0. The van der Waals surface area contributed by atoms with Gasteiger partial charge in [-0.1, -0.05) is 24.3 Å². The number of rotatable bonds is 5. The fraction of sp³-hybridized carbons (Fsp3) is 0.158. The number of allylic oxidation sites excluding steroid dienone is 3. The van der Waals surface area contributed by atoms with Crippen LogP contribution >= 0.6 is 11.3 Å². The summed E-state index contributed by atoms with van der Waals surface area (Å²) in [5, 5.41) is 17.0. The third-order valence-corrected chi connectivity index (χ3v) is 4.41. The Morgan fingerprint density at radius 3 is 2.92 bits per heavy atom. The summed E-state index contributed by atoms with van der Waals surface area (Å²) in [5.41, 5.74) is 2.33. The monoisotopic (exact) mass is 338 g/mol. The zero-order chi connectivity index (χ0) is 16.8. The van der Waals surface area contributed by atoms with E-state index in [1.165, 1.54) is 0 Å². The van der Waals surface area contributed by atoms with E-state index in [2.05, 4.69) is 10.3 Å². The summed E-state index contributed by atoms with van der Waals surface area (Å²) in [7, 11) is 0. The normalized spacial score (nSPS) is 17.5. The maximum absolute atomic E-state index is 11.9. The quantitative estimate of drug-likeness (QED) is 0.641. The first kappa shape index (κ1) is 16.2. The molecule has 0 amide bonds. The second kappa shape index (κ2) is 7.75. The summed E-state index contributed by atoms with van der Waals surface area (Å²) in [4.78, 5) is 16.4. The second-order valence-corrected chi connectivity index (χ2v) is 6.21. The van der Waals surface area contributed by atoms with E-state index in [0.29, 0.717) is 17.6 Å². The third kappa shape index (κ3) is 4.00. The van der Waals surface area contributed by atoms with Gasteiger partial charge in [-0.05, 0) is 35.4 Å². The molecule has 0 radical (unpaired) electrons. The number of nitrogens with zero attached hydrogens (tertiary/aromatic N) is 1. The summed E-state index contributed by atoms with van der Waals surface area (Å²) in [6.07, 6.45) is 8.25. The average Bonchev–Trinajstić information content (AvgIpc) is 3.12. The van der Waals surface area contributed by atoms with Crippen molar-refractivity contribution in [3.05, 3.63) is 76.1 Å². The van der Waals surface area contributed by atoms with E-state index in [1.807, 2.05) is 35.0 Å². The molecular weight excluding hydrogens is 320 g/mol. The molecule has 1 atom stereocenters. The molecule has 1 aromatic carbocycles. The van der Waals surface area contributed by atoms with Crippen molar-refractivity contribution in [1.82, 2.24) is 5.32 Å². The van der Waals surface area contributed by atoms with E-state index < -0.39 is 0 Å². The number of aliphatic imine (C=N–C) groups is 1. The predicted octanol–water partition coefficient (Wildman–Crippen LogP) is 3.96. The molecule has 0 saturated carbocycles. The number of hydrogen-bond donors (Lipinski definition) is 2. The molecule has 1 heterocycles. The van der Waals surface area contributed by atoms with Gasteiger partial charge in [-0.15, -0.1) is 0 Å². The smallest absolute Gasteiger partial charge is 0.164 e. The summed E-state index contributed by atoms with van der Waals surface area (Å²) in [6.45, 7) is 0. The number of phenolic OH excluding ortho intramolecular Hbond substituents is 1. The van der Waals surface area contributed by atoms with E-state index >= 15 is 0 Å². The number of benzene rings is 1. The Kier molecular flexibility index (Phi) is 5.23. The summed E-state index contributed by atoms with van der Waals surface area (Å²) < 4.78 is 0. The van der Waals surface area contributed by atoms with Crippen LogP contribution in [-0.2, 0) is 4.79 Å². The van der Waals surface area contributed by atoms with Gasteiger partial charge >= 0.3 is 0 Å². The van der Waals surface area contributed by atoms with E-state index in [4.69, 9.17) is 0 Å². The van der Waals surface area contributed by atoms with Crippen LogP contribution in [0.1, 0.15) is 30.1 Å². The summed E-state index contributed by atoms with van der Waals surface area (Å²) in [5.74, 6) is 0.327. The first-order valence-corrected chi connectivity index (χ1v) is 8.67. The molecule has 4 nitrogen and oxygen atoms in total. The molecule has 2 N–H and O–H groups in total. The zero-order valence-electron chi connectivity index (χ0n) is 13.1. The SMILES string of the molecule is O=C1CCC=CC1=CN[C@@H](/N=C/c1ccccc1O)c1ccsc1. The molecule has 0 saturated heterocycles. The molecule has 0 aliphatic heterocycles. The lowest BCUT2D eigenvalue weighted by Crippen LogP contribution is -2.16. The molecule has 1 aliphatic rings. The molecule has 0 spiro atoms. The first-order valence-electron chi connectivity index (χ1n) is 7.73. The highest BCUT2D eigenvalue weighted by molar-refractivity contribution is 7.07. The van der Waals surface area contributed by atoms with Gasteiger partial charge in [0.25, 0.3) is 0 Å². The van der Waals surface area contributed by atoms with Gasteiger partial charge in [0.1, 0.15) is 11.9 Å². The fourth-order valence-electron chi connectivity index (χ4n) is 2.37. The van der Waals surface area contributed by atoms with Crippen LogP contribution in [0.4, 0.5) is 0 Å². The van der Waals surface area contributed by atoms with Crippen LogP contribution in [0.3, 0.4) is 0 Å². The van der Waals surface area contributed by atoms with Crippen LogP contribution in [0.25, 0.3) is 0 Å². The number of nitrogens with one attached hydrogen (secondary N) is 1. The van der Waals surface area contributed by atoms with Gasteiger partial charge in [0.2, 0.25) is 0 Å². The van der Waals surface area contributed by atoms with Gasteiger partial charge in [0, 0.05) is 35.5 Å². The van der Waals surface area contributed by atoms with Crippen LogP contribution in [-0.4, -0.2) is 17.1 Å². The van der Waals surface area contributed by atoms with Gasteiger partial charge in [-0.3, -0.25) is 9.79 Å². The fourth-order valence-corrected chi connectivity index (χ4v) is 3.05. The van der Waals surface area contributed by atoms with Gasteiger partial charge in [-0.2, -0.15) is 11.3 Å². The number of thiophene rings is 1. The Hall–Kier alpha value is -2.66. The number of aromatic hydroxyl groups is 1. The van der Waals surface area contributed by atoms with Crippen molar-refractivity contribution in [3.63, 3.8) is 0 Å². The van der Waals surface area contributed by atoms with Crippen molar-refractivity contribution < 1.29 is 9.90 Å². The average molecular weight is 338 g/mol. The van der Waals surface area contributed by atoms with Gasteiger partial charge in [-0.25, -0.2) is 0 Å². The Morgan fingerprint density at radius 1 is 1.29 bits per heavy atom. The maximum atomic E-state index is 11.9. The van der Waals surface area contributed by atoms with Gasteiger partial charge in [0.05, 0.1) is 0 Å². The van der Waals surface area contributed by atoms with Crippen LogP contribution in [0.5, 0.6) is 5.75 Å². The third-order valence-electron chi connectivity index (χ3n) is 3.71. The highest BCUT2D eigenvalue weighted by Crippen LogP contribution is 2.20. The molecule has 1 aliphatic carbocycles. The minimum atomic E-state index is -0.313. The van der Waals surface area contributed by atoms with Crippen molar-refractivity contribution in [2.24, 2.45) is 4.99 Å². The highest BCUT2D eigenvalue weighted by Gasteiger charge is 2.12. The maximum Gasteiger partial charge on any atom is 0.164 e. The second-order valence-electron chi connectivity index (χ2n) is 5.43. The van der Waals surface area contributed by atoms with Gasteiger partial charge < -0.3 is 10.4 Å². The zero-order valence-corrected chi connectivity index (χ0v) is 13.9. The molecule has 5 heteroatoms. The molecule has 122 valence electrons. The van der Waals surface area contributed by atoms with E-state index in [-0.39, 0.29) is 17.7 Å². The first-order chi connectivity index (χ1) is 11.7. The Morgan fingerprint density at radius 2 is 2.17 bits per heavy atom. The number of hydrogen-bond acceptors (Lipinski definition) is 5. The Bertz CT molecular complexity index is 791. The highest BCUT2D eigenvalue weighted by atomic mass is 32.1. The minimum Gasteiger partial charge on any atom is -0.507 e. The Labute approximate surface area is 144 Å². The molecule has 0 fully saturated rings. The van der Waals surface area contributed by atoms with Crippen molar-refractivity contribution >= 4 is 23.3 Å². The molecule has 0 bridgehead atoms. The number of para-hydroxylation sites is 1. The lowest BCUT2D eigenvalue weighted by molar-refractivity contribution is -0.115. The predicted molar refractivity (Wildman–Crippen MR) is 97.4 cm³/mol. The molecule has 24 heavy (non-hydrogen) atoms. The molecule has 1 aromatic heterocycles. The number of carbonyl (C=O) groups is 1. The number of carbonyl (C=O) groups excluding carboxylic acids is 1. The standard InChI is InChI=1S/C19H18N2O2S/c22-17-7-3-1-5-14(17)11-20-19(16-9-10-24-13-16)21-12-15-6-2-4-8-18(15)23/h1-3,5-7,9-13,19,21-22H,4,8H2/b15-12?,20-11+/t19-/m1/s1. The summed E-state index contributed by atoms with van der Waals surface area (Å²) >= 11 is 1.59. The molecular formula is C19H18N2O2S. The molecule has 3 rings (SSSR count). The van der Waals surface area contributed by atoms with E-state index in [0.717, 1.165) is 12.0 Å². The number of Topliss-reactive ketones (excluding diaryl/α,β-unsaturated/α-hetero) is 1. The van der Waals surface area contributed by atoms with Crippen molar-refractivity contribution in [3.8, 4) is 5.75 Å². The van der Waals surface area contributed by atoms with Crippen LogP contribution in [0.15, 0.2) is 70.0 Å². The molecule has 2 aromatic rings. The number of ketones is 1. The largest absolute Gasteiger partial charge is 0.507 e. The minimum absolute atomic E-state index is 0.138. The van der Waals surface area contributed by atoms with Crippen molar-refractivity contribution in [1.29, 1.82) is 0 Å². The van der Waals surface area contributed by atoms with Crippen molar-refractivity contribution in [2.75, 3.05) is 0 Å². The van der Waals surface area contributed by atoms with Gasteiger partial charge in [0.15, 0.2) is 5.78 Å². The van der Waals surface area contributed by atoms with E-state index in [1.54, 1.807) is 42.0 Å².